The number of nitrogens with zero attached hydrogens (tertiary/aromatic N) is 6. The number of hydrogen-bond donors (Lipinski definition) is 0. The Morgan fingerprint density at radius 3 is 2.93 bits per heavy atom. The maximum Gasteiger partial charge on any atom is 0.289 e. The molecule has 5 rings (SSSR count). The summed E-state index contributed by atoms with van der Waals surface area (Å²) in [6, 6.07) is 3.65. The molecule has 1 unspecified atom stereocenters. The molecule has 4 heterocycles. The molecule has 2 fully saturated rings. The van der Waals surface area contributed by atoms with E-state index in [1.165, 1.54) is 6.42 Å². The van der Waals surface area contributed by atoms with Crippen LogP contribution in [0.5, 0.6) is 0 Å². The van der Waals surface area contributed by atoms with Crippen molar-refractivity contribution in [2.75, 3.05) is 13.1 Å². The first-order valence-electron chi connectivity index (χ1n) is 9.90. The van der Waals surface area contributed by atoms with E-state index in [1.54, 1.807) is 24.9 Å². The predicted octanol–water partition coefficient (Wildman–Crippen LogP) is 2.55. The van der Waals surface area contributed by atoms with Crippen LogP contribution in [0.25, 0.3) is 0 Å². The molecule has 1 aliphatic carbocycles. The quantitative estimate of drug-likeness (QED) is 0.679. The molecule has 28 heavy (non-hydrogen) atoms. The van der Waals surface area contributed by atoms with Crippen molar-refractivity contribution < 1.29 is 9.21 Å². The van der Waals surface area contributed by atoms with Gasteiger partial charge in [0, 0.05) is 37.9 Å². The van der Waals surface area contributed by atoms with E-state index in [0.29, 0.717) is 18.8 Å². The summed E-state index contributed by atoms with van der Waals surface area (Å²) >= 11 is 0. The summed E-state index contributed by atoms with van der Waals surface area (Å²) in [5, 5.41) is 8.51. The number of furan rings is 1. The average Bonchev–Trinajstić information content (AvgIpc) is 3.44. The Hall–Kier alpha value is -2.90. The third-order valence-electron chi connectivity index (χ3n) is 6.35. The SMILES string of the molecule is CCn1cnnc1C1CN(C(=O)c2ccc(Cn3ccnc3)o2)CC12CCC2. The Bertz CT molecular complexity index is 969. The first kappa shape index (κ1) is 17.2. The number of rotatable bonds is 5. The van der Waals surface area contributed by atoms with Crippen LogP contribution < -0.4 is 0 Å². The van der Waals surface area contributed by atoms with E-state index in [-0.39, 0.29) is 17.2 Å². The molecule has 1 spiro atoms. The minimum atomic E-state index is -0.0341. The number of aryl methyl sites for hydroxylation is 1. The van der Waals surface area contributed by atoms with Crippen molar-refractivity contribution in [3.8, 4) is 0 Å². The molecule has 8 heteroatoms. The summed E-state index contributed by atoms with van der Waals surface area (Å²) in [5.74, 6) is 2.38. The van der Waals surface area contributed by atoms with Gasteiger partial charge in [-0.3, -0.25) is 4.79 Å². The minimum absolute atomic E-state index is 0.0341. The van der Waals surface area contributed by atoms with Gasteiger partial charge in [-0.15, -0.1) is 10.2 Å². The van der Waals surface area contributed by atoms with Crippen molar-refractivity contribution >= 4 is 5.91 Å². The number of amides is 1. The van der Waals surface area contributed by atoms with Crippen LogP contribution in [0, 0.1) is 5.41 Å². The fourth-order valence-electron chi connectivity index (χ4n) is 4.69. The first-order valence-corrected chi connectivity index (χ1v) is 9.90. The molecular weight excluding hydrogens is 356 g/mol. The number of likely N-dealkylation sites (tertiary alicyclic amines) is 1. The molecule has 8 nitrogen and oxygen atoms in total. The van der Waals surface area contributed by atoms with E-state index in [1.807, 2.05) is 21.7 Å². The highest BCUT2D eigenvalue weighted by atomic mass is 16.4. The highest BCUT2D eigenvalue weighted by molar-refractivity contribution is 5.92. The number of aromatic nitrogens is 5. The number of imidazole rings is 1. The number of carbonyl (C=O) groups is 1. The third-order valence-corrected chi connectivity index (χ3v) is 6.35. The minimum Gasteiger partial charge on any atom is -0.454 e. The lowest BCUT2D eigenvalue weighted by atomic mass is 9.62. The fourth-order valence-corrected chi connectivity index (χ4v) is 4.69. The van der Waals surface area contributed by atoms with E-state index in [9.17, 15) is 4.79 Å². The van der Waals surface area contributed by atoms with Crippen LogP contribution in [0.4, 0.5) is 0 Å². The Morgan fingerprint density at radius 2 is 2.21 bits per heavy atom. The summed E-state index contributed by atoms with van der Waals surface area (Å²) in [6.45, 7) is 4.96. The van der Waals surface area contributed by atoms with E-state index in [2.05, 4.69) is 26.7 Å². The summed E-state index contributed by atoms with van der Waals surface area (Å²) < 4.78 is 9.87. The summed E-state index contributed by atoms with van der Waals surface area (Å²) in [5.41, 5.74) is 0.141. The van der Waals surface area contributed by atoms with E-state index < -0.39 is 0 Å². The fraction of sp³-hybridized carbons (Fsp3) is 0.500. The molecular formula is C20H24N6O2. The van der Waals surface area contributed by atoms with Gasteiger partial charge in [-0.1, -0.05) is 6.42 Å². The average molecular weight is 380 g/mol. The van der Waals surface area contributed by atoms with Gasteiger partial charge in [-0.05, 0) is 37.3 Å². The molecule has 1 amide bonds. The maximum atomic E-state index is 13.1. The van der Waals surface area contributed by atoms with Crippen LogP contribution in [-0.2, 0) is 13.1 Å². The standard InChI is InChI=1S/C20H24N6O2/c1-2-25-14-22-23-18(25)16-11-26(12-20(16)6-3-7-20)19(27)17-5-4-15(28-17)10-24-9-8-21-13-24/h4-5,8-9,13-14,16H,2-3,6-7,10-12H2,1H3. The summed E-state index contributed by atoms with van der Waals surface area (Å²) in [4.78, 5) is 19.1. The van der Waals surface area contributed by atoms with E-state index in [0.717, 1.165) is 37.5 Å². The van der Waals surface area contributed by atoms with Crippen LogP contribution in [0.3, 0.4) is 0 Å². The molecule has 0 aromatic carbocycles. The topological polar surface area (TPSA) is 82.0 Å². The zero-order valence-electron chi connectivity index (χ0n) is 16.0. The van der Waals surface area contributed by atoms with Gasteiger partial charge in [-0.25, -0.2) is 4.98 Å². The highest BCUT2D eigenvalue weighted by Gasteiger charge is 2.53. The van der Waals surface area contributed by atoms with Gasteiger partial charge < -0.3 is 18.5 Å². The molecule has 3 aromatic rings. The number of hydrogen-bond acceptors (Lipinski definition) is 5. The summed E-state index contributed by atoms with van der Waals surface area (Å²) in [7, 11) is 0. The lowest BCUT2D eigenvalue weighted by Crippen LogP contribution is -2.38. The molecule has 0 radical (unpaired) electrons. The largest absolute Gasteiger partial charge is 0.454 e. The zero-order valence-corrected chi connectivity index (χ0v) is 16.0. The van der Waals surface area contributed by atoms with E-state index in [4.69, 9.17) is 4.42 Å². The third kappa shape index (κ3) is 2.75. The highest BCUT2D eigenvalue weighted by Crippen LogP contribution is 2.55. The second kappa shape index (κ2) is 6.61. The molecule has 1 saturated heterocycles. The monoisotopic (exact) mass is 380 g/mol. The van der Waals surface area contributed by atoms with Gasteiger partial charge >= 0.3 is 0 Å². The van der Waals surface area contributed by atoms with Crippen LogP contribution in [0.1, 0.15) is 54.2 Å². The normalized spacial score (nSPS) is 20.6. The predicted molar refractivity (Wildman–Crippen MR) is 101 cm³/mol. The van der Waals surface area contributed by atoms with Gasteiger partial charge in [0.2, 0.25) is 0 Å². The molecule has 146 valence electrons. The molecule has 0 bridgehead atoms. The summed E-state index contributed by atoms with van der Waals surface area (Å²) in [6.07, 6.45) is 10.6. The smallest absolute Gasteiger partial charge is 0.289 e. The van der Waals surface area contributed by atoms with Crippen molar-refractivity contribution in [2.45, 2.75) is 45.2 Å². The molecule has 1 saturated carbocycles. The van der Waals surface area contributed by atoms with Gasteiger partial charge in [0.15, 0.2) is 5.76 Å². The Morgan fingerprint density at radius 1 is 1.32 bits per heavy atom. The molecule has 1 atom stereocenters. The van der Waals surface area contributed by atoms with Crippen LogP contribution in [0.15, 0.2) is 41.6 Å². The van der Waals surface area contributed by atoms with Crippen molar-refractivity contribution in [1.29, 1.82) is 0 Å². The number of carbonyl (C=O) groups excluding carboxylic acids is 1. The van der Waals surface area contributed by atoms with Crippen molar-refractivity contribution in [3.05, 3.63) is 54.5 Å². The molecule has 2 aliphatic rings. The lowest BCUT2D eigenvalue weighted by Gasteiger charge is -2.42. The van der Waals surface area contributed by atoms with Crippen LogP contribution >= 0.6 is 0 Å². The molecule has 3 aromatic heterocycles. The Balaban J connectivity index is 1.35. The first-order chi connectivity index (χ1) is 13.7. The van der Waals surface area contributed by atoms with Crippen LogP contribution in [-0.4, -0.2) is 48.2 Å². The van der Waals surface area contributed by atoms with Crippen LogP contribution in [0.2, 0.25) is 0 Å². The molecule has 0 N–H and O–H groups in total. The second-order valence-electron chi connectivity index (χ2n) is 7.93. The van der Waals surface area contributed by atoms with Crippen molar-refractivity contribution in [2.24, 2.45) is 5.41 Å². The Labute approximate surface area is 163 Å². The zero-order chi connectivity index (χ0) is 19.1. The van der Waals surface area contributed by atoms with Crippen molar-refractivity contribution in [3.63, 3.8) is 0 Å². The lowest BCUT2D eigenvalue weighted by molar-refractivity contribution is 0.0692. The van der Waals surface area contributed by atoms with Gasteiger partial charge in [-0.2, -0.15) is 0 Å². The van der Waals surface area contributed by atoms with Gasteiger partial charge in [0.05, 0.1) is 12.9 Å². The van der Waals surface area contributed by atoms with Gasteiger partial charge in [0.25, 0.3) is 5.91 Å². The second-order valence-corrected chi connectivity index (χ2v) is 7.93. The van der Waals surface area contributed by atoms with Gasteiger partial charge in [0.1, 0.15) is 17.9 Å². The van der Waals surface area contributed by atoms with E-state index >= 15 is 0 Å². The molecule has 1 aliphatic heterocycles. The Kier molecular flexibility index (Phi) is 4.07. The maximum absolute atomic E-state index is 13.1. The van der Waals surface area contributed by atoms with Crippen molar-refractivity contribution in [1.82, 2.24) is 29.2 Å².